The number of nitrogens with two attached hydrogens (primary N) is 1. The number of aromatic nitrogens is 3. The first kappa shape index (κ1) is 15.3. The lowest BCUT2D eigenvalue weighted by atomic mass is 10.1. The third-order valence-electron chi connectivity index (χ3n) is 3.92. The van der Waals surface area contributed by atoms with E-state index in [-0.39, 0.29) is 6.04 Å². The molecule has 0 amide bonds. The van der Waals surface area contributed by atoms with Crippen LogP contribution in [0.5, 0.6) is 0 Å². The van der Waals surface area contributed by atoms with E-state index >= 15 is 0 Å². The summed E-state index contributed by atoms with van der Waals surface area (Å²) in [5, 5.41) is 4.21. The van der Waals surface area contributed by atoms with Crippen LogP contribution in [0.1, 0.15) is 26.1 Å². The van der Waals surface area contributed by atoms with Crippen LogP contribution in [0.2, 0.25) is 0 Å². The van der Waals surface area contributed by atoms with Crippen molar-refractivity contribution in [3.63, 3.8) is 0 Å². The van der Waals surface area contributed by atoms with Crippen molar-refractivity contribution in [1.82, 2.24) is 24.6 Å². The number of piperazine rings is 1. The molecular weight excluding hydrogens is 272 g/mol. The minimum Gasteiger partial charge on any atom is -0.392 e. The first-order valence-electron chi connectivity index (χ1n) is 7.28. The standard InChI is InChI=1S/C13H24N6S/c1-3-11(13(14)20)18-7-5-17(6-8-18)9-12-15-10-16-19(12)4-2/h10-11H,3-9H2,1-2H3,(H2,14,20). The Hall–Kier alpha value is -1.05. The van der Waals surface area contributed by atoms with Gasteiger partial charge in [-0.2, -0.15) is 5.10 Å². The first-order chi connectivity index (χ1) is 9.65. The van der Waals surface area contributed by atoms with E-state index in [0.717, 1.165) is 51.5 Å². The van der Waals surface area contributed by atoms with E-state index in [2.05, 4.69) is 33.7 Å². The van der Waals surface area contributed by atoms with Crippen LogP contribution in [0, 0.1) is 0 Å². The molecule has 1 fully saturated rings. The Balaban J connectivity index is 1.87. The molecule has 7 heteroatoms. The van der Waals surface area contributed by atoms with Crippen LogP contribution in [-0.2, 0) is 13.1 Å². The summed E-state index contributed by atoms with van der Waals surface area (Å²) in [5.41, 5.74) is 5.81. The molecule has 1 aromatic rings. The van der Waals surface area contributed by atoms with E-state index < -0.39 is 0 Å². The van der Waals surface area contributed by atoms with Crippen molar-refractivity contribution in [2.75, 3.05) is 26.2 Å². The highest BCUT2D eigenvalue weighted by Gasteiger charge is 2.24. The molecule has 1 saturated heterocycles. The predicted molar refractivity (Wildman–Crippen MR) is 83.4 cm³/mol. The molecule has 0 spiro atoms. The molecule has 2 N–H and O–H groups in total. The molecule has 0 saturated carbocycles. The largest absolute Gasteiger partial charge is 0.392 e. The first-order valence-corrected chi connectivity index (χ1v) is 7.68. The highest BCUT2D eigenvalue weighted by molar-refractivity contribution is 7.80. The van der Waals surface area contributed by atoms with Crippen LogP contribution in [0.15, 0.2) is 6.33 Å². The zero-order valence-corrected chi connectivity index (χ0v) is 13.1. The summed E-state index contributed by atoms with van der Waals surface area (Å²) in [7, 11) is 0. The van der Waals surface area contributed by atoms with Crippen molar-refractivity contribution in [3.8, 4) is 0 Å². The highest BCUT2D eigenvalue weighted by Crippen LogP contribution is 2.11. The van der Waals surface area contributed by atoms with Gasteiger partial charge in [-0.15, -0.1) is 0 Å². The van der Waals surface area contributed by atoms with Gasteiger partial charge in [0.1, 0.15) is 12.2 Å². The summed E-state index contributed by atoms with van der Waals surface area (Å²) in [6.45, 7) is 10.0. The molecule has 0 bridgehead atoms. The fraction of sp³-hybridized carbons (Fsp3) is 0.769. The summed E-state index contributed by atoms with van der Waals surface area (Å²) in [4.78, 5) is 9.76. The number of nitrogens with zero attached hydrogens (tertiary/aromatic N) is 5. The molecule has 2 heterocycles. The van der Waals surface area contributed by atoms with Crippen LogP contribution in [0.3, 0.4) is 0 Å². The van der Waals surface area contributed by atoms with E-state index in [1.807, 2.05) is 4.68 Å². The summed E-state index contributed by atoms with van der Waals surface area (Å²) in [6, 6.07) is 0.242. The molecule has 6 nitrogen and oxygen atoms in total. The van der Waals surface area contributed by atoms with Crippen molar-refractivity contribution < 1.29 is 0 Å². The van der Waals surface area contributed by atoms with E-state index in [9.17, 15) is 0 Å². The average Bonchev–Trinajstić information content (AvgIpc) is 2.88. The second-order valence-corrected chi connectivity index (χ2v) is 5.60. The fourth-order valence-electron chi connectivity index (χ4n) is 2.75. The molecule has 0 aliphatic carbocycles. The molecule has 0 radical (unpaired) electrons. The van der Waals surface area contributed by atoms with Crippen LogP contribution in [0.4, 0.5) is 0 Å². The van der Waals surface area contributed by atoms with Gasteiger partial charge < -0.3 is 5.73 Å². The van der Waals surface area contributed by atoms with E-state index in [1.165, 1.54) is 0 Å². The maximum absolute atomic E-state index is 5.81. The van der Waals surface area contributed by atoms with Gasteiger partial charge in [0, 0.05) is 32.7 Å². The lowest BCUT2D eigenvalue weighted by molar-refractivity contribution is 0.109. The molecule has 2 rings (SSSR count). The lowest BCUT2D eigenvalue weighted by Gasteiger charge is -2.38. The summed E-state index contributed by atoms with van der Waals surface area (Å²) in [5.74, 6) is 1.04. The van der Waals surface area contributed by atoms with Crippen LogP contribution >= 0.6 is 12.2 Å². The lowest BCUT2D eigenvalue weighted by Crippen LogP contribution is -2.53. The minimum absolute atomic E-state index is 0.242. The molecule has 1 aliphatic rings. The van der Waals surface area contributed by atoms with Gasteiger partial charge in [-0.05, 0) is 13.3 Å². The summed E-state index contributed by atoms with van der Waals surface area (Å²) >= 11 is 5.15. The Morgan fingerprint density at radius 2 is 2.05 bits per heavy atom. The van der Waals surface area contributed by atoms with Crippen LogP contribution in [-0.4, -0.2) is 61.8 Å². The third kappa shape index (κ3) is 3.53. The Kier molecular flexibility index (Phi) is 5.45. The van der Waals surface area contributed by atoms with Gasteiger partial charge in [0.25, 0.3) is 0 Å². The Morgan fingerprint density at radius 3 is 2.60 bits per heavy atom. The van der Waals surface area contributed by atoms with Crippen molar-refractivity contribution in [2.45, 2.75) is 39.4 Å². The predicted octanol–water partition coefficient (Wildman–Crippen LogP) is 0.480. The van der Waals surface area contributed by atoms with Gasteiger partial charge >= 0.3 is 0 Å². The van der Waals surface area contributed by atoms with Gasteiger partial charge in [0.2, 0.25) is 0 Å². The zero-order chi connectivity index (χ0) is 14.5. The minimum atomic E-state index is 0.242. The smallest absolute Gasteiger partial charge is 0.140 e. The van der Waals surface area contributed by atoms with E-state index in [4.69, 9.17) is 18.0 Å². The molecule has 1 atom stereocenters. The SMILES string of the molecule is CCC(C(N)=S)N1CCN(Cc2ncnn2CC)CC1. The molecular formula is C13H24N6S. The van der Waals surface area contributed by atoms with E-state index in [0.29, 0.717) is 4.99 Å². The average molecular weight is 296 g/mol. The topological polar surface area (TPSA) is 63.2 Å². The van der Waals surface area contributed by atoms with Gasteiger partial charge in [-0.25, -0.2) is 9.67 Å². The highest BCUT2D eigenvalue weighted by atomic mass is 32.1. The second-order valence-electron chi connectivity index (χ2n) is 5.13. The Morgan fingerprint density at radius 1 is 1.35 bits per heavy atom. The number of rotatable bonds is 6. The maximum atomic E-state index is 5.81. The molecule has 1 aromatic heterocycles. The second kappa shape index (κ2) is 7.10. The van der Waals surface area contributed by atoms with Crippen molar-refractivity contribution in [3.05, 3.63) is 12.2 Å². The third-order valence-corrected chi connectivity index (χ3v) is 4.20. The quantitative estimate of drug-likeness (QED) is 0.771. The van der Waals surface area contributed by atoms with Crippen molar-refractivity contribution in [1.29, 1.82) is 0 Å². The molecule has 1 aliphatic heterocycles. The van der Waals surface area contributed by atoms with Gasteiger partial charge in [-0.3, -0.25) is 9.80 Å². The summed E-state index contributed by atoms with van der Waals surface area (Å²) < 4.78 is 1.95. The monoisotopic (exact) mass is 296 g/mol. The molecule has 20 heavy (non-hydrogen) atoms. The number of hydrogen-bond acceptors (Lipinski definition) is 5. The van der Waals surface area contributed by atoms with Gasteiger partial charge in [0.05, 0.1) is 17.6 Å². The number of hydrogen-bond donors (Lipinski definition) is 1. The molecule has 0 aromatic carbocycles. The number of aryl methyl sites for hydroxylation is 1. The van der Waals surface area contributed by atoms with E-state index in [1.54, 1.807) is 6.33 Å². The van der Waals surface area contributed by atoms with Crippen molar-refractivity contribution in [2.24, 2.45) is 5.73 Å². The van der Waals surface area contributed by atoms with Crippen molar-refractivity contribution >= 4 is 17.2 Å². The zero-order valence-electron chi connectivity index (χ0n) is 12.3. The molecule has 1 unspecified atom stereocenters. The molecule has 112 valence electrons. The van der Waals surface area contributed by atoms with Gasteiger partial charge in [-0.1, -0.05) is 19.1 Å². The number of thiocarbonyl (C=S) groups is 1. The Labute approximate surface area is 125 Å². The normalized spacial score (nSPS) is 19.1. The van der Waals surface area contributed by atoms with Crippen LogP contribution < -0.4 is 5.73 Å². The summed E-state index contributed by atoms with van der Waals surface area (Å²) in [6.07, 6.45) is 2.62. The van der Waals surface area contributed by atoms with Crippen LogP contribution in [0.25, 0.3) is 0 Å². The maximum Gasteiger partial charge on any atom is 0.140 e. The fourth-order valence-corrected chi connectivity index (χ4v) is 3.06. The Bertz CT molecular complexity index is 438. The van der Waals surface area contributed by atoms with Gasteiger partial charge in [0.15, 0.2) is 0 Å².